The van der Waals surface area contributed by atoms with Crippen LogP contribution in [0.3, 0.4) is 0 Å². The van der Waals surface area contributed by atoms with Crippen molar-refractivity contribution in [1.82, 2.24) is 5.32 Å². The smallest absolute Gasteiger partial charge is 0.123 e. The molecule has 3 N–H and O–H groups in total. The monoisotopic (exact) mass is 234 g/mol. The molecule has 0 aromatic heterocycles. The summed E-state index contributed by atoms with van der Waals surface area (Å²) < 4.78 is 5.43. The molecule has 2 rings (SSSR count). The van der Waals surface area contributed by atoms with Crippen LogP contribution >= 0.6 is 0 Å². The summed E-state index contributed by atoms with van der Waals surface area (Å²) in [5.74, 6) is 1.44. The van der Waals surface area contributed by atoms with Gasteiger partial charge in [-0.2, -0.15) is 0 Å². The van der Waals surface area contributed by atoms with Crippen LogP contribution in [0.15, 0.2) is 18.2 Å². The lowest BCUT2D eigenvalue weighted by Crippen LogP contribution is -2.24. The zero-order valence-electron chi connectivity index (χ0n) is 10.7. The van der Waals surface area contributed by atoms with E-state index in [0.29, 0.717) is 5.92 Å². The predicted octanol–water partition coefficient (Wildman–Crippen LogP) is 1.87. The molecule has 0 amide bonds. The van der Waals surface area contributed by atoms with Crippen LogP contribution in [0.4, 0.5) is 0 Å². The number of hydrogen-bond acceptors (Lipinski definition) is 3. The van der Waals surface area contributed by atoms with Gasteiger partial charge < -0.3 is 15.8 Å². The summed E-state index contributed by atoms with van der Waals surface area (Å²) in [7, 11) is 1.71. The maximum Gasteiger partial charge on any atom is 0.123 e. The predicted molar refractivity (Wildman–Crippen MR) is 70.3 cm³/mol. The van der Waals surface area contributed by atoms with Crippen molar-refractivity contribution in [2.75, 3.05) is 20.2 Å². The molecule has 0 saturated carbocycles. The van der Waals surface area contributed by atoms with Crippen LogP contribution in [0.2, 0.25) is 0 Å². The van der Waals surface area contributed by atoms with E-state index in [0.717, 1.165) is 37.2 Å². The maximum atomic E-state index is 6.38. The molecule has 3 heteroatoms. The number of benzene rings is 1. The number of hydrogen-bond donors (Lipinski definition) is 2. The van der Waals surface area contributed by atoms with Crippen LogP contribution in [0, 0.1) is 5.92 Å². The van der Waals surface area contributed by atoms with Crippen molar-refractivity contribution in [3.8, 4) is 5.75 Å². The van der Waals surface area contributed by atoms with Crippen molar-refractivity contribution in [3.63, 3.8) is 0 Å². The molecular weight excluding hydrogens is 212 g/mol. The van der Waals surface area contributed by atoms with Crippen LogP contribution in [-0.2, 0) is 6.42 Å². The highest BCUT2D eigenvalue weighted by molar-refractivity contribution is 5.40. The van der Waals surface area contributed by atoms with Gasteiger partial charge in [0.15, 0.2) is 0 Å². The topological polar surface area (TPSA) is 47.3 Å². The average Bonchev–Trinajstić information content (AvgIpc) is 2.91. The molecule has 1 aliphatic rings. The third-order valence-electron chi connectivity index (χ3n) is 3.67. The average molecular weight is 234 g/mol. The number of rotatable bonds is 4. The Kier molecular flexibility index (Phi) is 4.02. The molecular formula is C14H22N2O. The van der Waals surface area contributed by atoms with Crippen LogP contribution in [0.25, 0.3) is 0 Å². The first-order chi connectivity index (χ1) is 8.26. The van der Waals surface area contributed by atoms with Gasteiger partial charge in [0.25, 0.3) is 0 Å². The summed E-state index contributed by atoms with van der Waals surface area (Å²) in [5.41, 5.74) is 8.86. The Morgan fingerprint density at radius 2 is 2.35 bits per heavy atom. The zero-order valence-corrected chi connectivity index (χ0v) is 10.7. The van der Waals surface area contributed by atoms with Crippen molar-refractivity contribution in [2.24, 2.45) is 11.7 Å². The van der Waals surface area contributed by atoms with E-state index in [4.69, 9.17) is 10.5 Å². The second-order valence-corrected chi connectivity index (χ2v) is 4.71. The fourth-order valence-corrected chi connectivity index (χ4v) is 2.50. The molecule has 1 aromatic carbocycles. The molecule has 17 heavy (non-hydrogen) atoms. The third-order valence-corrected chi connectivity index (χ3v) is 3.67. The molecule has 1 saturated heterocycles. The van der Waals surface area contributed by atoms with E-state index in [-0.39, 0.29) is 6.04 Å². The van der Waals surface area contributed by atoms with Crippen LogP contribution in [-0.4, -0.2) is 20.2 Å². The van der Waals surface area contributed by atoms with Gasteiger partial charge in [0.1, 0.15) is 5.75 Å². The van der Waals surface area contributed by atoms with E-state index in [9.17, 15) is 0 Å². The molecule has 0 spiro atoms. The minimum Gasteiger partial charge on any atom is -0.496 e. The second-order valence-electron chi connectivity index (χ2n) is 4.71. The highest BCUT2D eigenvalue weighted by Gasteiger charge is 2.25. The van der Waals surface area contributed by atoms with Gasteiger partial charge in [-0.1, -0.05) is 19.1 Å². The van der Waals surface area contributed by atoms with Gasteiger partial charge >= 0.3 is 0 Å². The van der Waals surface area contributed by atoms with E-state index >= 15 is 0 Å². The normalized spacial score (nSPS) is 21.5. The molecule has 3 nitrogen and oxygen atoms in total. The van der Waals surface area contributed by atoms with E-state index < -0.39 is 0 Å². The van der Waals surface area contributed by atoms with E-state index in [1.807, 2.05) is 6.07 Å². The van der Waals surface area contributed by atoms with Crippen LogP contribution in [0.1, 0.15) is 30.5 Å². The molecule has 1 aliphatic heterocycles. The standard InChI is InChI=1S/C14H22N2O/c1-3-10-4-5-13(17-2)12(8-10)14(15)11-6-7-16-9-11/h4-5,8,11,14,16H,3,6-7,9,15H2,1-2H3. The fraction of sp³-hybridized carbons (Fsp3) is 0.571. The van der Waals surface area contributed by atoms with Crippen molar-refractivity contribution in [2.45, 2.75) is 25.8 Å². The number of nitrogens with one attached hydrogen (secondary N) is 1. The van der Waals surface area contributed by atoms with Gasteiger partial charge in [0, 0.05) is 11.6 Å². The highest BCUT2D eigenvalue weighted by Crippen LogP contribution is 2.32. The maximum absolute atomic E-state index is 6.38. The van der Waals surface area contributed by atoms with Gasteiger partial charge in [-0.25, -0.2) is 0 Å². The van der Waals surface area contributed by atoms with Crippen LogP contribution < -0.4 is 15.8 Å². The van der Waals surface area contributed by atoms with Gasteiger partial charge in [0.2, 0.25) is 0 Å². The van der Waals surface area contributed by atoms with Crippen LogP contribution in [0.5, 0.6) is 5.75 Å². The minimum atomic E-state index is 0.0754. The molecule has 1 heterocycles. The SMILES string of the molecule is CCc1ccc(OC)c(C(N)C2CCNC2)c1. The fourth-order valence-electron chi connectivity index (χ4n) is 2.50. The molecule has 94 valence electrons. The Labute approximate surface area is 103 Å². The summed E-state index contributed by atoms with van der Waals surface area (Å²) in [5, 5.41) is 3.37. The van der Waals surface area contributed by atoms with Gasteiger partial charge in [-0.05, 0) is 43.5 Å². The molecule has 2 atom stereocenters. The lowest BCUT2D eigenvalue weighted by molar-refractivity contribution is 0.390. The number of aryl methyl sites for hydroxylation is 1. The number of nitrogens with two attached hydrogens (primary N) is 1. The lowest BCUT2D eigenvalue weighted by Gasteiger charge is -2.21. The summed E-state index contributed by atoms with van der Waals surface area (Å²) in [6.45, 7) is 4.25. The lowest BCUT2D eigenvalue weighted by atomic mass is 9.91. The van der Waals surface area contributed by atoms with Crippen molar-refractivity contribution in [3.05, 3.63) is 29.3 Å². The Hall–Kier alpha value is -1.06. The highest BCUT2D eigenvalue weighted by atomic mass is 16.5. The number of methoxy groups -OCH3 is 1. The number of ether oxygens (including phenoxy) is 1. The zero-order chi connectivity index (χ0) is 12.3. The largest absolute Gasteiger partial charge is 0.496 e. The molecule has 1 aromatic rings. The summed E-state index contributed by atoms with van der Waals surface area (Å²) in [6, 6.07) is 6.42. The quantitative estimate of drug-likeness (QED) is 0.836. The van der Waals surface area contributed by atoms with E-state index in [1.54, 1.807) is 7.11 Å². The molecule has 1 fully saturated rings. The summed E-state index contributed by atoms with van der Waals surface area (Å²) in [6.07, 6.45) is 2.19. The first-order valence-corrected chi connectivity index (χ1v) is 6.39. The van der Waals surface area contributed by atoms with E-state index in [1.165, 1.54) is 5.56 Å². The van der Waals surface area contributed by atoms with Gasteiger partial charge in [0.05, 0.1) is 7.11 Å². The summed E-state index contributed by atoms with van der Waals surface area (Å²) >= 11 is 0. The Morgan fingerprint density at radius 3 is 2.94 bits per heavy atom. The molecule has 0 bridgehead atoms. The molecule has 0 radical (unpaired) electrons. The van der Waals surface area contributed by atoms with Gasteiger partial charge in [-0.15, -0.1) is 0 Å². The van der Waals surface area contributed by atoms with Crippen molar-refractivity contribution >= 4 is 0 Å². The first-order valence-electron chi connectivity index (χ1n) is 6.39. The Morgan fingerprint density at radius 1 is 1.53 bits per heavy atom. The second kappa shape index (κ2) is 5.52. The first kappa shape index (κ1) is 12.4. The Balaban J connectivity index is 2.27. The summed E-state index contributed by atoms with van der Waals surface area (Å²) in [4.78, 5) is 0. The van der Waals surface area contributed by atoms with Crippen molar-refractivity contribution in [1.29, 1.82) is 0 Å². The third kappa shape index (κ3) is 2.61. The van der Waals surface area contributed by atoms with E-state index in [2.05, 4.69) is 24.4 Å². The minimum absolute atomic E-state index is 0.0754. The Bertz CT molecular complexity index is 372. The molecule has 0 aliphatic carbocycles. The van der Waals surface area contributed by atoms with Crippen molar-refractivity contribution < 1.29 is 4.74 Å². The van der Waals surface area contributed by atoms with Gasteiger partial charge in [-0.3, -0.25) is 0 Å². The molecule has 2 unspecified atom stereocenters.